The number of hydrogen-bond donors (Lipinski definition) is 0. The van der Waals surface area contributed by atoms with Crippen LogP contribution in [-0.4, -0.2) is 16.5 Å². The van der Waals surface area contributed by atoms with Gasteiger partial charge in [0.2, 0.25) is 0 Å². The smallest absolute Gasteiger partial charge is 0.427 e. The molecule has 0 atom stereocenters. The lowest BCUT2D eigenvalue weighted by molar-refractivity contribution is -0.0111. The summed E-state index contributed by atoms with van der Waals surface area (Å²) in [5.74, 6) is 0.421. The van der Waals surface area contributed by atoms with Crippen molar-refractivity contribution in [3.63, 3.8) is 0 Å². The van der Waals surface area contributed by atoms with E-state index < -0.39 is 19.6 Å². The Morgan fingerprint density at radius 1 is 0.800 bits per heavy atom. The van der Waals surface area contributed by atoms with Gasteiger partial charge in [-0.2, -0.15) is 4.57 Å². The first-order valence-corrected chi connectivity index (χ1v) is 12.9. The molecule has 35 heavy (non-hydrogen) atoms. The van der Waals surface area contributed by atoms with Crippen LogP contribution < -0.4 is 18.4 Å². The molecule has 0 bridgehead atoms. The number of carbonyl (C=O) groups is 1. The molecule has 3 aromatic carbocycles. The molecule has 4 rings (SSSR count). The molecule has 0 aliphatic rings. The summed E-state index contributed by atoms with van der Waals surface area (Å²) >= 11 is 3.47. The van der Waals surface area contributed by atoms with Crippen molar-refractivity contribution in [3.8, 4) is 17.4 Å². The minimum absolute atomic E-state index is 0.104. The molecule has 0 unspecified atom stereocenters. The molecule has 0 aliphatic heterocycles. The van der Waals surface area contributed by atoms with E-state index in [0.717, 1.165) is 4.73 Å². The second kappa shape index (κ2) is 10.1. The van der Waals surface area contributed by atoms with Crippen molar-refractivity contribution >= 4 is 40.8 Å². The van der Waals surface area contributed by atoms with Gasteiger partial charge in [0.05, 0.1) is 9.99 Å². The summed E-state index contributed by atoms with van der Waals surface area (Å²) in [4.78, 5) is 18.0. The molecule has 1 heterocycles. The van der Waals surface area contributed by atoms with E-state index in [1.807, 2.05) is 0 Å². The molecule has 4 aromatic rings. The summed E-state index contributed by atoms with van der Waals surface area (Å²) in [6, 6.07) is 24.0. The van der Waals surface area contributed by atoms with Crippen molar-refractivity contribution in [1.82, 2.24) is 4.73 Å². The zero-order valence-corrected chi connectivity index (χ0v) is 21.7. The number of para-hydroxylation sites is 3. The molecular formula is C25H23BrNO7P. The predicted molar refractivity (Wildman–Crippen MR) is 135 cm³/mol. The van der Waals surface area contributed by atoms with Crippen molar-refractivity contribution in [2.75, 3.05) is 0 Å². The van der Waals surface area contributed by atoms with Crippen LogP contribution in [0.4, 0.5) is 4.79 Å². The van der Waals surface area contributed by atoms with E-state index in [9.17, 15) is 9.36 Å². The van der Waals surface area contributed by atoms with Crippen molar-refractivity contribution in [1.29, 1.82) is 0 Å². The summed E-state index contributed by atoms with van der Waals surface area (Å²) in [5, 5.41) is 0.636. The fourth-order valence-corrected chi connectivity index (χ4v) is 5.00. The molecular weight excluding hydrogens is 537 g/mol. The van der Waals surface area contributed by atoms with Gasteiger partial charge in [-0.3, -0.25) is 4.84 Å². The predicted octanol–water partition coefficient (Wildman–Crippen LogP) is 7.41. The third-order valence-electron chi connectivity index (χ3n) is 4.41. The fraction of sp³-hybridized carbons (Fsp3) is 0.160. The Morgan fingerprint density at radius 3 is 1.86 bits per heavy atom. The molecule has 0 fully saturated rings. The SMILES string of the molecule is CC(C)(C)OC(=O)On1c(OP(=O)(Oc2ccccc2)Oc2ccccc2)c(Br)c2ccccc21. The Bertz CT molecular complexity index is 1320. The molecule has 8 nitrogen and oxygen atoms in total. The third kappa shape index (κ3) is 6.18. The van der Waals surface area contributed by atoms with E-state index in [1.165, 1.54) is 0 Å². The zero-order valence-electron chi connectivity index (χ0n) is 19.2. The summed E-state index contributed by atoms with van der Waals surface area (Å²) in [6.07, 6.45) is -0.974. The van der Waals surface area contributed by atoms with Gasteiger partial charge >= 0.3 is 14.0 Å². The molecule has 0 N–H and O–H groups in total. The Labute approximate surface area is 211 Å². The first kappa shape index (κ1) is 24.7. The van der Waals surface area contributed by atoms with Gasteiger partial charge < -0.3 is 18.3 Å². The Hall–Kier alpha value is -3.42. The Balaban J connectivity index is 1.77. The molecule has 10 heteroatoms. The van der Waals surface area contributed by atoms with Crippen LogP contribution in [0, 0.1) is 0 Å². The van der Waals surface area contributed by atoms with Crippen LogP contribution in [0.1, 0.15) is 20.8 Å². The highest BCUT2D eigenvalue weighted by atomic mass is 79.9. The molecule has 0 aliphatic carbocycles. The normalized spacial score (nSPS) is 11.7. The van der Waals surface area contributed by atoms with Gasteiger partial charge in [0.25, 0.3) is 5.88 Å². The number of fused-ring (bicyclic) bond motifs is 1. The second-order valence-corrected chi connectivity index (χ2v) is 10.6. The topological polar surface area (TPSA) is 85.2 Å². The van der Waals surface area contributed by atoms with Crippen molar-refractivity contribution < 1.29 is 32.5 Å². The minimum Gasteiger partial charge on any atom is -0.427 e. The number of carbonyl (C=O) groups excluding carboxylic acids is 1. The van der Waals surface area contributed by atoms with Crippen LogP contribution in [0.5, 0.6) is 17.4 Å². The lowest BCUT2D eigenvalue weighted by atomic mass is 10.2. The molecule has 0 radical (unpaired) electrons. The van der Waals surface area contributed by atoms with Crippen molar-refractivity contribution in [3.05, 3.63) is 89.4 Å². The third-order valence-corrected chi connectivity index (χ3v) is 6.44. The first-order chi connectivity index (χ1) is 16.6. The maximum absolute atomic E-state index is 13.9. The van der Waals surface area contributed by atoms with Crippen LogP contribution in [0.2, 0.25) is 0 Å². The monoisotopic (exact) mass is 559 g/mol. The minimum atomic E-state index is -4.36. The average Bonchev–Trinajstić information content (AvgIpc) is 3.05. The van der Waals surface area contributed by atoms with Crippen LogP contribution in [0.3, 0.4) is 0 Å². The van der Waals surface area contributed by atoms with Crippen molar-refractivity contribution in [2.45, 2.75) is 26.4 Å². The highest BCUT2D eigenvalue weighted by Gasteiger charge is 2.37. The fourth-order valence-electron chi connectivity index (χ4n) is 3.04. The quantitative estimate of drug-likeness (QED) is 0.172. The summed E-state index contributed by atoms with van der Waals surface area (Å²) in [5.41, 5.74) is -0.327. The van der Waals surface area contributed by atoms with E-state index in [-0.39, 0.29) is 17.4 Å². The number of ether oxygens (including phenoxy) is 1. The summed E-state index contributed by atoms with van der Waals surface area (Å²) in [7, 11) is -4.36. The maximum Gasteiger partial charge on any atom is 0.648 e. The highest BCUT2D eigenvalue weighted by Crippen LogP contribution is 2.52. The number of rotatable bonds is 7. The summed E-state index contributed by atoms with van der Waals surface area (Å²) < 4.78 is 38.0. The van der Waals surface area contributed by atoms with E-state index in [0.29, 0.717) is 15.4 Å². The van der Waals surface area contributed by atoms with E-state index in [4.69, 9.17) is 23.1 Å². The standard InChI is InChI=1S/C25H23BrNO7P/c1-25(2,3)30-24(28)31-27-21-17-11-10-16-20(21)22(26)23(27)34-35(29,32-18-12-6-4-7-13-18)33-19-14-8-5-9-15-19/h4-17H,1-3H3. The van der Waals surface area contributed by atoms with Gasteiger partial charge in [-0.15, -0.1) is 4.73 Å². The van der Waals surface area contributed by atoms with Crippen LogP contribution in [-0.2, 0) is 9.30 Å². The lowest BCUT2D eigenvalue weighted by Crippen LogP contribution is -2.30. The maximum atomic E-state index is 13.9. The lowest BCUT2D eigenvalue weighted by Gasteiger charge is -2.21. The number of phosphoric ester groups is 1. The number of nitrogens with zero attached hydrogens (tertiary/aromatic N) is 1. The van der Waals surface area contributed by atoms with E-state index in [2.05, 4.69) is 15.9 Å². The molecule has 0 saturated heterocycles. The molecule has 0 saturated carbocycles. The van der Waals surface area contributed by atoms with Gasteiger partial charge in [0.1, 0.15) is 17.1 Å². The van der Waals surface area contributed by atoms with Gasteiger partial charge in [-0.1, -0.05) is 54.6 Å². The second-order valence-electron chi connectivity index (χ2n) is 8.33. The highest BCUT2D eigenvalue weighted by molar-refractivity contribution is 9.10. The van der Waals surface area contributed by atoms with Crippen LogP contribution in [0.15, 0.2) is 89.4 Å². The van der Waals surface area contributed by atoms with Gasteiger partial charge in [0.15, 0.2) is 0 Å². The molecule has 1 aromatic heterocycles. The Kier molecular flexibility index (Phi) is 7.10. The van der Waals surface area contributed by atoms with Gasteiger partial charge in [-0.05, 0) is 67.0 Å². The zero-order chi connectivity index (χ0) is 25.1. The number of phosphoric acid groups is 1. The number of halogens is 1. The Morgan fingerprint density at radius 2 is 1.31 bits per heavy atom. The number of hydrogen-bond acceptors (Lipinski definition) is 7. The first-order valence-electron chi connectivity index (χ1n) is 10.6. The summed E-state index contributed by atoms with van der Waals surface area (Å²) in [6.45, 7) is 5.14. The van der Waals surface area contributed by atoms with Crippen LogP contribution in [0.25, 0.3) is 10.9 Å². The molecule has 0 spiro atoms. The van der Waals surface area contributed by atoms with Crippen molar-refractivity contribution in [2.24, 2.45) is 0 Å². The largest absolute Gasteiger partial charge is 0.648 e. The van der Waals surface area contributed by atoms with E-state index >= 15 is 0 Å². The molecule has 0 amide bonds. The number of aromatic nitrogens is 1. The number of benzene rings is 3. The van der Waals surface area contributed by atoms with Gasteiger partial charge in [-0.25, -0.2) is 4.79 Å². The van der Waals surface area contributed by atoms with Gasteiger partial charge in [0, 0.05) is 5.39 Å². The molecule has 182 valence electrons. The average molecular weight is 560 g/mol. The van der Waals surface area contributed by atoms with E-state index in [1.54, 1.807) is 106 Å². The van der Waals surface area contributed by atoms with Crippen LogP contribution >= 0.6 is 23.8 Å².